The number of halogens is 1. The van der Waals surface area contributed by atoms with Crippen LogP contribution in [0.2, 0.25) is 5.02 Å². The molecular formula is C16H21ClN2O4. The van der Waals surface area contributed by atoms with E-state index in [1.807, 2.05) is 0 Å². The predicted octanol–water partition coefficient (Wildman–Crippen LogP) is 3.30. The normalized spacial score (nSPS) is 17.3. The van der Waals surface area contributed by atoms with Gasteiger partial charge in [-0.25, -0.2) is 4.79 Å². The Morgan fingerprint density at radius 2 is 2.04 bits per heavy atom. The quantitative estimate of drug-likeness (QED) is 0.916. The minimum atomic E-state index is -0.593. The molecule has 126 valence electrons. The second-order valence-corrected chi connectivity index (χ2v) is 6.72. The molecule has 0 aromatic heterocycles. The average Bonchev–Trinajstić information content (AvgIpc) is 2.37. The molecule has 23 heavy (non-hydrogen) atoms. The number of nitrogens with zero attached hydrogens (tertiary/aromatic N) is 1. The number of benzene rings is 1. The number of anilines is 1. The minimum Gasteiger partial charge on any atom is -0.497 e. The van der Waals surface area contributed by atoms with Crippen molar-refractivity contribution in [2.75, 3.05) is 19.0 Å². The van der Waals surface area contributed by atoms with Gasteiger partial charge in [0.1, 0.15) is 17.4 Å². The summed E-state index contributed by atoms with van der Waals surface area (Å²) in [5.74, 6) is 0.291. The third kappa shape index (κ3) is 4.28. The van der Waals surface area contributed by atoms with Crippen molar-refractivity contribution in [1.82, 2.24) is 4.90 Å². The highest BCUT2D eigenvalue weighted by Crippen LogP contribution is 2.28. The number of carbonyl (C=O) groups excluding carboxylic acids is 2. The number of amides is 2. The lowest BCUT2D eigenvalue weighted by Gasteiger charge is -2.40. The molecule has 1 saturated heterocycles. The number of rotatable bonds is 3. The molecule has 0 spiro atoms. The molecule has 1 N–H and O–H groups in total. The summed E-state index contributed by atoms with van der Waals surface area (Å²) in [6.07, 6.45) is 0.104. The fourth-order valence-electron chi connectivity index (χ4n) is 2.14. The van der Waals surface area contributed by atoms with E-state index >= 15 is 0 Å². The van der Waals surface area contributed by atoms with E-state index < -0.39 is 17.7 Å². The molecule has 2 amide bonds. The van der Waals surface area contributed by atoms with E-state index in [-0.39, 0.29) is 5.91 Å². The third-order valence-electron chi connectivity index (χ3n) is 3.38. The van der Waals surface area contributed by atoms with E-state index in [1.165, 1.54) is 12.0 Å². The van der Waals surface area contributed by atoms with Crippen LogP contribution < -0.4 is 10.1 Å². The number of likely N-dealkylation sites (tertiary alicyclic amines) is 1. The molecule has 1 aromatic carbocycles. The molecule has 1 fully saturated rings. The lowest BCUT2D eigenvalue weighted by Crippen LogP contribution is -2.57. The summed E-state index contributed by atoms with van der Waals surface area (Å²) in [7, 11) is 1.53. The minimum absolute atomic E-state index is 0.294. The highest BCUT2D eigenvalue weighted by molar-refractivity contribution is 6.33. The Morgan fingerprint density at radius 1 is 1.35 bits per heavy atom. The molecule has 0 unspecified atom stereocenters. The summed E-state index contributed by atoms with van der Waals surface area (Å²) in [6.45, 7) is 5.86. The van der Waals surface area contributed by atoms with E-state index in [2.05, 4.69) is 5.32 Å². The number of hydrogen-bond acceptors (Lipinski definition) is 4. The van der Waals surface area contributed by atoms with Crippen LogP contribution in [0, 0.1) is 0 Å². The zero-order chi connectivity index (χ0) is 17.2. The van der Waals surface area contributed by atoms with Gasteiger partial charge >= 0.3 is 6.09 Å². The lowest BCUT2D eigenvalue weighted by atomic mass is 10.0. The summed E-state index contributed by atoms with van der Waals surface area (Å²) in [5, 5.41) is 3.14. The van der Waals surface area contributed by atoms with Gasteiger partial charge in [0, 0.05) is 12.6 Å². The van der Waals surface area contributed by atoms with Crippen LogP contribution in [0.5, 0.6) is 5.75 Å². The topological polar surface area (TPSA) is 67.9 Å². The van der Waals surface area contributed by atoms with Crippen molar-refractivity contribution in [3.8, 4) is 5.75 Å². The third-order valence-corrected chi connectivity index (χ3v) is 3.71. The van der Waals surface area contributed by atoms with Gasteiger partial charge in [-0.1, -0.05) is 11.6 Å². The number of nitrogens with one attached hydrogen (secondary N) is 1. The second kappa shape index (κ2) is 6.66. The molecule has 1 atom stereocenters. The van der Waals surface area contributed by atoms with Crippen LogP contribution in [0.1, 0.15) is 27.2 Å². The molecular weight excluding hydrogens is 320 g/mol. The lowest BCUT2D eigenvalue weighted by molar-refractivity contribution is -0.125. The summed E-state index contributed by atoms with van der Waals surface area (Å²) >= 11 is 6.07. The van der Waals surface area contributed by atoms with Crippen LogP contribution in [0.25, 0.3) is 0 Å². The van der Waals surface area contributed by atoms with Gasteiger partial charge in [-0.3, -0.25) is 9.69 Å². The summed E-state index contributed by atoms with van der Waals surface area (Å²) in [4.78, 5) is 25.8. The number of carbonyl (C=O) groups is 2. The number of hydrogen-bond donors (Lipinski definition) is 1. The highest BCUT2D eigenvalue weighted by Gasteiger charge is 2.40. The summed E-state index contributed by atoms with van der Waals surface area (Å²) in [5.41, 5.74) is -0.142. The first kappa shape index (κ1) is 17.4. The molecule has 1 aliphatic heterocycles. The molecule has 2 rings (SSSR count). The molecule has 0 radical (unpaired) electrons. The van der Waals surface area contributed by atoms with Crippen molar-refractivity contribution < 1.29 is 19.1 Å². The largest absolute Gasteiger partial charge is 0.497 e. The average molecular weight is 341 g/mol. The molecule has 1 aromatic rings. The van der Waals surface area contributed by atoms with Crippen molar-refractivity contribution in [1.29, 1.82) is 0 Å². The van der Waals surface area contributed by atoms with Crippen molar-refractivity contribution in [3.05, 3.63) is 23.2 Å². The van der Waals surface area contributed by atoms with Gasteiger partial charge in [-0.15, -0.1) is 0 Å². The van der Waals surface area contributed by atoms with Crippen LogP contribution in [0.15, 0.2) is 18.2 Å². The number of ether oxygens (including phenoxy) is 2. The van der Waals surface area contributed by atoms with Crippen molar-refractivity contribution >= 4 is 29.3 Å². The maximum absolute atomic E-state index is 12.4. The summed E-state index contributed by atoms with van der Waals surface area (Å²) in [6, 6.07) is 4.43. The first-order chi connectivity index (χ1) is 10.7. The van der Waals surface area contributed by atoms with Crippen molar-refractivity contribution in [3.63, 3.8) is 0 Å². The standard InChI is InChI=1S/C16H21ClN2O4/c1-16(2,3)23-15(21)19-8-7-13(19)14(20)18-12-9-10(22-4)5-6-11(12)17/h5-6,9,13H,7-8H2,1-4H3,(H,18,20)/t13-/m1/s1. The van der Waals surface area contributed by atoms with Crippen molar-refractivity contribution in [2.45, 2.75) is 38.8 Å². The summed E-state index contributed by atoms with van der Waals surface area (Å²) < 4.78 is 10.4. The first-order valence-electron chi connectivity index (χ1n) is 7.35. The van der Waals surface area contributed by atoms with E-state index in [1.54, 1.807) is 39.0 Å². The molecule has 0 saturated carbocycles. The maximum atomic E-state index is 12.4. The smallest absolute Gasteiger partial charge is 0.410 e. The van der Waals surface area contributed by atoms with Crippen LogP contribution in [0.3, 0.4) is 0 Å². The number of methoxy groups -OCH3 is 1. The fourth-order valence-corrected chi connectivity index (χ4v) is 2.31. The highest BCUT2D eigenvalue weighted by atomic mass is 35.5. The Bertz CT molecular complexity index is 613. The molecule has 1 heterocycles. The Labute approximate surface area is 140 Å². The van der Waals surface area contributed by atoms with Gasteiger partial charge in [0.05, 0.1) is 17.8 Å². The molecule has 0 aliphatic carbocycles. The monoisotopic (exact) mass is 340 g/mol. The van der Waals surface area contributed by atoms with Crippen LogP contribution >= 0.6 is 11.6 Å². The van der Waals surface area contributed by atoms with Gasteiger partial charge < -0.3 is 14.8 Å². The Morgan fingerprint density at radius 3 is 2.57 bits per heavy atom. The Balaban J connectivity index is 2.03. The van der Waals surface area contributed by atoms with E-state index in [9.17, 15) is 9.59 Å². The zero-order valence-electron chi connectivity index (χ0n) is 13.7. The zero-order valence-corrected chi connectivity index (χ0v) is 14.4. The maximum Gasteiger partial charge on any atom is 0.410 e. The van der Waals surface area contributed by atoms with Gasteiger partial charge in [-0.2, -0.15) is 0 Å². The first-order valence-corrected chi connectivity index (χ1v) is 7.73. The SMILES string of the molecule is COc1ccc(Cl)c(NC(=O)[C@H]2CCN2C(=O)OC(C)(C)C)c1. The van der Waals surface area contributed by atoms with Crippen LogP contribution in [-0.2, 0) is 9.53 Å². The van der Waals surface area contributed by atoms with E-state index in [0.717, 1.165) is 0 Å². The molecule has 6 nitrogen and oxygen atoms in total. The fraction of sp³-hybridized carbons (Fsp3) is 0.500. The van der Waals surface area contributed by atoms with Crippen LogP contribution in [0.4, 0.5) is 10.5 Å². The molecule has 7 heteroatoms. The van der Waals surface area contributed by atoms with E-state index in [0.29, 0.717) is 29.4 Å². The van der Waals surface area contributed by atoms with Crippen molar-refractivity contribution in [2.24, 2.45) is 0 Å². The van der Waals surface area contributed by atoms with Gasteiger partial charge in [0.15, 0.2) is 0 Å². The predicted molar refractivity (Wildman–Crippen MR) is 88.0 cm³/mol. The Hall–Kier alpha value is -1.95. The van der Waals surface area contributed by atoms with Gasteiger partial charge in [0.2, 0.25) is 5.91 Å². The van der Waals surface area contributed by atoms with E-state index in [4.69, 9.17) is 21.1 Å². The second-order valence-electron chi connectivity index (χ2n) is 6.31. The van der Waals surface area contributed by atoms with Gasteiger partial charge in [-0.05, 0) is 39.3 Å². The Kier molecular flexibility index (Phi) is 5.04. The van der Waals surface area contributed by atoms with Gasteiger partial charge in [0.25, 0.3) is 0 Å². The molecule has 1 aliphatic rings. The van der Waals surface area contributed by atoms with Crippen LogP contribution in [-0.4, -0.2) is 42.2 Å². The molecule has 0 bridgehead atoms.